The van der Waals surface area contributed by atoms with Gasteiger partial charge < -0.3 is 9.72 Å². The number of carbonyl (C=O) groups is 1. The summed E-state index contributed by atoms with van der Waals surface area (Å²) < 4.78 is 5.27. The van der Waals surface area contributed by atoms with E-state index in [9.17, 15) is 9.59 Å². The van der Waals surface area contributed by atoms with Crippen molar-refractivity contribution >= 4 is 40.1 Å². The lowest BCUT2D eigenvalue weighted by molar-refractivity contribution is -0.145. The lowest BCUT2D eigenvalue weighted by Gasteiger charge is -2.20. The van der Waals surface area contributed by atoms with Gasteiger partial charge in [-0.25, -0.2) is 0 Å². The van der Waals surface area contributed by atoms with Crippen LogP contribution < -0.4 is 5.56 Å². The fourth-order valence-corrected chi connectivity index (χ4v) is 3.75. The number of H-pyrrole nitrogens is 1. The second-order valence-corrected chi connectivity index (χ2v) is 7.41. The molecule has 1 N–H and O–H groups in total. The first kappa shape index (κ1) is 20.4. The highest BCUT2D eigenvalue weighted by atomic mass is 35.5. The summed E-state index contributed by atoms with van der Waals surface area (Å²) in [5, 5.41) is 1.91. The second-order valence-electron chi connectivity index (χ2n) is 6.53. The number of nitrogens with one attached hydrogen (secondary N) is 1. The van der Waals surface area contributed by atoms with E-state index in [1.54, 1.807) is 37.3 Å². The third-order valence-electron chi connectivity index (χ3n) is 4.64. The molecule has 1 unspecified atom stereocenters. The van der Waals surface area contributed by atoms with Crippen molar-refractivity contribution in [2.24, 2.45) is 0 Å². The van der Waals surface area contributed by atoms with Crippen LogP contribution in [0.2, 0.25) is 10.0 Å². The number of aromatic nitrogens is 1. The number of esters is 1. The predicted molar refractivity (Wildman–Crippen MR) is 114 cm³/mol. The third kappa shape index (κ3) is 4.08. The molecule has 28 heavy (non-hydrogen) atoms. The van der Waals surface area contributed by atoms with Crippen LogP contribution in [0.25, 0.3) is 22.0 Å². The number of hydrogen-bond acceptors (Lipinski definition) is 3. The van der Waals surface area contributed by atoms with Crippen molar-refractivity contribution in [1.82, 2.24) is 4.98 Å². The zero-order chi connectivity index (χ0) is 20.3. The lowest BCUT2D eigenvalue weighted by Crippen LogP contribution is -2.25. The smallest absolute Gasteiger partial charge is 0.313 e. The number of fused-ring (bicyclic) bond motifs is 1. The van der Waals surface area contributed by atoms with Crippen molar-refractivity contribution in [2.45, 2.75) is 32.6 Å². The molecule has 0 saturated carbocycles. The molecule has 0 amide bonds. The summed E-state index contributed by atoms with van der Waals surface area (Å²) in [5.74, 6) is -1.06. The van der Waals surface area contributed by atoms with Crippen LogP contribution in [-0.2, 0) is 9.53 Å². The Morgan fingerprint density at radius 3 is 2.39 bits per heavy atom. The van der Waals surface area contributed by atoms with Crippen molar-refractivity contribution < 1.29 is 9.53 Å². The molecule has 1 aromatic heterocycles. The molecule has 1 heterocycles. The van der Waals surface area contributed by atoms with E-state index >= 15 is 0 Å². The minimum Gasteiger partial charge on any atom is -0.466 e. The van der Waals surface area contributed by atoms with Crippen LogP contribution >= 0.6 is 23.2 Å². The van der Waals surface area contributed by atoms with Gasteiger partial charge in [-0.3, -0.25) is 9.59 Å². The summed E-state index contributed by atoms with van der Waals surface area (Å²) in [6, 6.07) is 12.5. The molecule has 0 aliphatic heterocycles. The molecule has 4 nitrogen and oxygen atoms in total. The largest absolute Gasteiger partial charge is 0.466 e. The van der Waals surface area contributed by atoms with Gasteiger partial charge in [-0.2, -0.15) is 0 Å². The summed E-state index contributed by atoms with van der Waals surface area (Å²) in [4.78, 5) is 28.7. The van der Waals surface area contributed by atoms with Crippen molar-refractivity contribution in [3.63, 3.8) is 0 Å². The summed E-state index contributed by atoms with van der Waals surface area (Å²) in [5.41, 5.74) is 2.23. The highest BCUT2D eigenvalue weighted by molar-refractivity contribution is 6.31. The van der Waals surface area contributed by atoms with Crippen molar-refractivity contribution in [3.05, 3.63) is 68.4 Å². The van der Waals surface area contributed by atoms with Gasteiger partial charge in [0.2, 0.25) is 0 Å². The average Bonchev–Trinajstić information content (AvgIpc) is 2.67. The molecule has 0 aliphatic carbocycles. The van der Waals surface area contributed by atoms with Gasteiger partial charge in [0, 0.05) is 32.1 Å². The van der Waals surface area contributed by atoms with E-state index < -0.39 is 11.9 Å². The number of carbonyl (C=O) groups excluding carboxylic acids is 1. The highest BCUT2D eigenvalue weighted by Crippen LogP contribution is 2.36. The first-order valence-electron chi connectivity index (χ1n) is 9.24. The maximum Gasteiger partial charge on any atom is 0.313 e. The number of pyridine rings is 1. The quantitative estimate of drug-likeness (QED) is 0.504. The van der Waals surface area contributed by atoms with Crippen LogP contribution in [0.5, 0.6) is 0 Å². The second kappa shape index (κ2) is 8.80. The topological polar surface area (TPSA) is 59.2 Å². The molecular formula is C22H21Cl2NO3. The summed E-state index contributed by atoms with van der Waals surface area (Å²) >= 11 is 12.3. The normalized spacial score (nSPS) is 12.1. The van der Waals surface area contributed by atoms with Crippen LogP contribution in [0.15, 0.2) is 47.3 Å². The molecule has 0 fully saturated rings. The zero-order valence-electron chi connectivity index (χ0n) is 15.7. The monoisotopic (exact) mass is 417 g/mol. The minimum atomic E-state index is -0.664. The summed E-state index contributed by atoms with van der Waals surface area (Å²) in [6.07, 6.45) is 1.24. The molecule has 2 aromatic carbocycles. The molecule has 146 valence electrons. The van der Waals surface area contributed by atoms with Gasteiger partial charge in [-0.1, -0.05) is 48.7 Å². The molecule has 0 radical (unpaired) electrons. The summed E-state index contributed by atoms with van der Waals surface area (Å²) in [7, 11) is 0. The maximum absolute atomic E-state index is 13.1. The highest BCUT2D eigenvalue weighted by Gasteiger charge is 2.29. The van der Waals surface area contributed by atoms with Crippen molar-refractivity contribution in [3.8, 4) is 11.1 Å². The molecule has 0 aliphatic rings. The standard InChI is InChI=1S/C22H21Cl2NO3/c1-3-5-16(22(27)28-4-2)20-19(13-6-8-14(23)9-7-13)17-12-15(24)10-11-18(17)25-21(20)26/h6-12,16H,3-5H2,1-2H3,(H,25,26). The Bertz CT molecular complexity index is 1060. The Balaban J connectivity index is 2.38. The minimum absolute atomic E-state index is 0.257. The maximum atomic E-state index is 13.1. The number of hydrogen-bond donors (Lipinski definition) is 1. The van der Waals surface area contributed by atoms with Gasteiger partial charge in [0.25, 0.3) is 5.56 Å². The molecule has 1 atom stereocenters. The van der Waals surface area contributed by atoms with Gasteiger partial charge in [-0.05, 0) is 49.2 Å². The van der Waals surface area contributed by atoms with Crippen molar-refractivity contribution in [2.75, 3.05) is 6.61 Å². The van der Waals surface area contributed by atoms with Gasteiger partial charge in [-0.15, -0.1) is 0 Å². The Labute approximate surface area is 173 Å². The Kier molecular flexibility index (Phi) is 6.42. The molecule has 0 saturated heterocycles. The molecule has 6 heteroatoms. The predicted octanol–water partition coefficient (Wildman–Crippen LogP) is 5.95. The summed E-state index contributed by atoms with van der Waals surface area (Å²) in [6.45, 7) is 3.98. The Morgan fingerprint density at radius 1 is 1.07 bits per heavy atom. The van der Waals surface area contributed by atoms with E-state index in [0.29, 0.717) is 33.1 Å². The van der Waals surface area contributed by atoms with Crippen LogP contribution in [0.1, 0.15) is 38.2 Å². The van der Waals surface area contributed by atoms with Crippen molar-refractivity contribution in [1.29, 1.82) is 0 Å². The zero-order valence-corrected chi connectivity index (χ0v) is 17.2. The molecule has 0 bridgehead atoms. The van der Waals surface area contributed by atoms with Crippen LogP contribution in [0.3, 0.4) is 0 Å². The molecule has 0 spiro atoms. The number of halogens is 2. The first-order chi connectivity index (χ1) is 13.5. The first-order valence-corrected chi connectivity index (χ1v) is 9.99. The number of benzene rings is 2. The van der Waals surface area contributed by atoms with E-state index in [-0.39, 0.29) is 12.2 Å². The molecule has 3 aromatic rings. The van der Waals surface area contributed by atoms with Gasteiger partial charge in [0.15, 0.2) is 0 Å². The van der Waals surface area contributed by atoms with E-state index in [4.69, 9.17) is 27.9 Å². The number of ether oxygens (including phenoxy) is 1. The van der Waals surface area contributed by atoms with Gasteiger partial charge in [0.05, 0.1) is 12.5 Å². The molecular weight excluding hydrogens is 397 g/mol. The SMILES string of the molecule is CCCC(C(=O)OCC)c1c(-c2ccc(Cl)cc2)c2cc(Cl)ccc2[nH]c1=O. The third-order valence-corrected chi connectivity index (χ3v) is 5.13. The number of rotatable bonds is 6. The fraction of sp³-hybridized carbons (Fsp3) is 0.273. The van der Waals surface area contributed by atoms with E-state index in [1.165, 1.54) is 0 Å². The van der Waals surface area contributed by atoms with E-state index in [0.717, 1.165) is 17.4 Å². The fourth-order valence-electron chi connectivity index (χ4n) is 3.45. The van der Waals surface area contributed by atoms with Crippen LogP contribution in [0.4, 0.5) is 0 Å². The van der Waals surface area contributed by atoms with Gasteiger partial charge in [0.1, 0.15) is 0 Å². The lowest BCUT2D eigenvalue weighted by atomic mass is 9.86. The average molecular weight is 418 g/mol. The van der Waals surface area contributed by atoms with E-state index in [2.05, 4.69) is 4.98 Å². The number of aromatic amines is 1. The Hall–Kier alpha value is -2.30. The Morgan fingerprint density at radius 2 is 1.75 bits per heavy atom. The molecule has 3 rings (SSSR count). The van der Waals surface area contributed by atoms with E-state index in [1.807, 2.05) is 19.1 Å². The van der Waals surface area contributed by atoms with Crippen LogP contribution in [-0.4, -0.2) is 17.6 Å². The van der Waals surface area contributed by atoms with Gasteiger partial charge >= 0.3 is 5.97 Å². The van der Waals surface area contributed by atoms with Crippen LogP contribution in [0, 0.1) is 0 Å².